The van der Waals surface area contributed by atoms with Crippen molar-refractivity contribution in [2.24, 2.45) is 0 Å². The van der Waals surface area contributed by atoms with Gasteiger partial charge in [0, 0.05) is 16.7 Å². The lowest BCUT2D eigenvalue weighted by Gasteiger charge is -2.39. The van der Waals surface area contributed by atoms with Gasteiger partial charge in [-0.15, -0.1) is 0 Å². The van der Waals surface area contributed by atoms with Gasteiger partial charge in [0.15, 0.2) is 0 Å². The second-order valence-corrected chi connectivity index (χ2v) is 12.3. The van der Waals surface area contributed by atoms with E-state index in [2.05, 4.69) is 110 Å². The minimum absolute atomic E-state index is 1.07. The number of unbranched alkanes of at least 4 members (excludes halogenated alkanes) is 13. The molecule has 0 unspecified atom stereocenters. The first-order valence-electron chi connectivity index (χ1n) is 16.9. The lowest BCUT2D eigenvalue weighted by molar-refractivity contribution is -0.966. The average Bonchev–Trinajstić information content (AvgIpc) is 3.00. The second kappa shape index (κ2) is 21.1. The summed E-state index contributed by atoms with van der Waals surface area (Å²) in [5.74, 6) is 0. The van der Waals surface area contributed by atoms with Crippen LogP contribution in [0.1, 0.15) is 120 Å². The van der Waals surface area contributed by atoms with Crippen LogP contribution < -0.4 is 0 Å². The summed E-state index contributed by atoms with van der Waals surface area (Å²) in [6.45, 7) is 6.73. The smallest absolute Gasteiger partial charge is 0.105 e. The van der Waals surface area contributed by atoms with Crippen molar-refractivity contribution >= 4 is 0 Å². The fraction of sp³-hybridized carbons (Fsp3) is 0.500. The Bertz CT molecular complexity index is 923. The van der Waals surface area contributed by atoms with Crippen LogP contribution in [0.5, 0.6) is 0 Å². The molecule has 1 nitrogen and oxygen atoms in total. The van der Waals surface area contributed by atoms with E-state index in [-0.39, 0.29) is 0 Å². The highest BCUT2D eigenvalue weighted by Gasteiger charge is 2.28. The Morgan fingerprint density at radius 2 is 0.756 bits per heavy atom. The number of quaternary nitrogens is 1. The molecule has 0 fully saturated rings. The molecule has 0 N–H and O–H groups in total. The van der Waals surface area contributed by atoms with E-state index in [4.69, 9.17) is 0 Å². The van der Waals surface area contributed by atoms with Crippen LogP contribution in [0.2, 0.25) is 0 Å². The molecule has 41 heavy (non-hydrogen) atoms. The van der Waals surface area contributed by atoms with Gasteiger partial charge in [0.25, 0.3) is 0 Å². The molecule has 0 aliphatic heterocycles. The predicted molar refractivity (Wildman–Crippen MR) is 180 cm³/mol. The highest BCUT2D eigenvalue weighted by Crippen LogP contribution is 2.26. The molecule has 0 atom stereocenters. The zero-order chi connectivity index (χ0) is 28.7. The molecule has 1 heteroatoms. The van der Waals surface area contributed by atoms with Gasteiger partial charge in [-0.3, -0.25) is 0 Å². The van der Waals surface area contributed by atoms with E-state index in [1.165, 1.54) is 120 Å². The Kier molecular flexibility index (Phi) is 16.9. The minimum atomic E-state index is 1.07. The SMILES string of the molecule is CCCCCCCCCCCC/C=C/CCCCC[N+](Cc1ccccc1)(Cc1ccccc1)Cc1ccccc1. The van der Waals surface area contributed by atoms with E-state index in [1.54, 1.807) is 0 Å². The molecule has 3 rings (SSSR count). The van der Waals surface area contributed by atoms with Gasteiger partial charge in [-0.05, 0) is 38.5 Å². The van der Waals surface area contributed by atoms with Crippen LogP contribution in [0.15, 0.2) is 103 Å². The van der Waals surface area contributed by atoms with Crippen LogP contribution in [0.4, 0.5) is 0 Å². The molecule has 0 aliphatic rings. The first-order valence-corrected chi connectivity index (χ1v) is 16.9. The van der Waals surface area contributed by atoms with Crippen molar-refractivity contribution in [3.8, 4) is 0 Å². The molecule has 0 bridgehead atoms. The van der Waals surface area contributed by atoms with Crippen molar-refractivity contribution in [3.63, 3.8) is 0 Å². The molecule has 0 aliphatic carbocycles. The molecule has 0 radical (unpaired) electrons. The maximum Gasteiger partial charge on any atom is 0.105 e. The topological polar surface area (TPSA) is 0 Å². The van der Waals surface area contributed by atoms with Crippen LogP contribution in [-0.2, 0) is 19.6 Å². The number of nitrogens with zero attached hydrogens (tertiary/aromatic N) is 1. The summed E-state index contributed by atoms with van der Waals surface area (Å²) in [5, 5.41) is 0. The third kappa shape index (κ3) is 14.7. The molecule has 222 valence electrons. The maximum absolute atomic E-state index is 2.45. The summed E-state index contributed by atoms with van der Waals surface area (Å²) in [6.07, 6.45) is 25.5. The number of hydrogen-bond donors (Lipinski definition) is 0. The molecule has 3 aromatic rings. The van der Waals surface area contributed by atoms with E-state index >= 15 is 0 Å². The van der Waals surface area contributed by atoms with Crippen molar-refractivity contribution in [1.82, 2.24) is 0 Å². The standard InChI is InChI=1S/C40H58N/c1-2-3-4-5-6-7-8-9-10-11-12-13-14-15-16-17-27-34-41(35-38-28-21-18-22-29-38,36-39-30-23-19-24-31-39)37-40-32-25-20-26-33-40/h13-14,18-26,28-33H,2-12,15-17,27,34-37H2,1H3/q+1/b14-13+. The van der Waals surface area contributed by atoms with E-state index in [0.717, 1.165) is 24.1 Å². The van der Waals surface area contributed by atoms with Crippen molar-refractivity contribution in [3.05, 3.63) is 120 Å². The summed E-state index contributed by atoms with van der Waals surface area (Å²) < 4.78 is 1.08. The van der Waals surface area contributed by atoms with Crippen molar-refractivity contribution < 1.29 is 4.48 Å². The maximum atomic E-state index is 2.45. The van der Waals surface area contributed by atoms with E-state index in [0.29, 0.717) is 0 Å². The zero-order valence-corrected chi connectivity index (χ0v) is 26.2. The number of rotatable bonds is 23. The largest absolute Gasteiger partial charge is 0.312 e. The third-order valence-electron chi connectivity index (χ3n) is 8.48. The molecule has 0 heterocycles. The van der Waals surface area contributed by atoms with Gasteiger partial charge in [0.05, 0.1) is 6.54 Å². The Labute approximate surface area is 253 Å². The number of benzene rings is 3. The Morgan fingerprint density at radius 3 is 1.15 bits per heavy atom. The summed E-state index contributed by atoms with van der Waals surface area (Å²) in [5.41, 5.74) is 4.32. The fourth-order valence-corrected chi connectivity index (χ4v) is 6.19. The normalized spacial score (nSPS) is 11.8. The third-order valence-corrected chi connectivity index (χ3v) is 8.48. The Hall–Kier alpha value is -2.64. The Morgan fingerprint density at radius 1 is 0.415 bits per heavy atom. The average molecular weight is 553 g/mol. The van der Waals surface area contributed by atoms with Gasteiger partial charge in [0.2, 0.25) is 0 Å². The van der Waals surface area contributed by atoms with E-state index in [9.17, 15) is 0 Å². The molecular formula is C40H58N+. The first kappa shape index (κ1) is 32.9. The monoisotopic (exact) mass is 552 g/mol. The van der Waals surface area contributed by atoms with Gasteiger partial charge in [-0.2, -0.15) is 0 Å². The van der Waals surface area contributed by atoms with E-state index < -0.39 is 0 Å². The highest BCUT2D eigenvalue weighted by atomic mass is 15.3. The molecule has 0 aromatic heterocycles. The van der Waals surface area contributed by atoms with Crippen LogP contribution in [0.3, 0.4) is 0 Å². The number of allylic oxidation sites excluding steroid dienone is 2. The molecule has 0 saturated heterocycles. The van der Waals surface area contributed by atoms with E-state index in [1.807, 2.05) is 0 Å². The lowest BCUT2D eigenvalue weighted by Crippen LogP contribution is -2.46. The lowest BCUT2D eigenvalue weighted by atomic mass is 10.0. The summed E-state index contributed by atoms with van der Waals surface area (Å²) in [7, 11) is 0. The zero-order valence-electron chi connectivity index (χ0n) is 26.2. The summed E-state index contributed by atoms with van der Waals surface area (Å²) in [6, 6.07) is 33.4. The molecule has 0 amide bonds. The van der Waals surface area contributed by atoms with Crippen molar-refractivity contribution in [1.29, 1.82) is 0 Å². The molecule has 0 saturated carbocycles. The minimum Gasteiger partial charge on any atom is -0.312 e. The van der Waals surface area contributed by atoms with Crippen molar-refractivity contribution in [2.75, 3.05) is 6.54 Å². The number of hydrogen-bond acceptors (Lipinski definition) is 0. The fourth-order valence-electron chi connectivity index (χ4n) is 6.19. The van der Waals surface area contributed by atoms with Gasteiger partial charge in [0.1, 0.15) is 19.6 Å². The van der Waals surface area contributed by atoms with Gasteiger partial charge in [-0.25, -0.2) is 0 Å². The van der Waals surface area contributed by atoms with Crippen LogP contribution in [-0.4, -0.2) is 11.0 Å². The second-order valence-electron chi connectivity index (χ2n) is 12.3. The predicted octanol–water partition coefficient (Wildman–Crippen LogP) is 11.8. The van der Waals surface area contributed by atoms with Crippen molar-refractivity contribution in [2.45, 2.75) is 123 Å². The Balaban J connectivity index is 1.42. The molecular weight excluding hydrogens is 494 g/mol. The summed E-state index contributed by atoms with van der Waals surface area (Å²) >= 11 is 0. The summed E-state index contributed by atoms with van der Waals surface area (Å²) in [4.78, 5) is 0. The quantitative estimate of drug-likeness (QED) is 0.0623. The molecule has 0 spiro atoms. The van der Waals surface area contributed by atoms with Crippen LogP contribution in [0, 0.1) is 0 Å². The molecule has 3 aromatic carbocycles. The van der Waals surface area contributed by atoms with Crippen LogP contribution in [0.25, 0.3) is 0 Å². The highest BCUT2D eigenvalue weighted by molar-refractivity contribution is 5.17. The van der Waals surface area contributed by atoms with Gasteiger partial charge in [-0.1, -0.05) is 168 Å². The van der Waals surface area contributed by atoms with Gasteiger partial charge < -0.3 is 4.48 Å². The van der Waals surface area contributed by atoms with Crippen LogP contribution >= 0.6 is 0 Å². The first-order chi connectivity index (χ1) is 20.3. The van der Waals surface area contributed by atoms with Gasteiger partial charge >= 0.3 is 0 Å².